The van der Waals surface area contributed by atoms with Crippen molar-refractivity contribution in [2.24, 2.45) is 0 Å². The van der Waals surface area contributed by atoms with E-state index in [4.69, 9.17) is 19.3 Å². The molecule has 2 aromatic carbocycles. The lowest BCUT2D eigenvalue weighted by atomic mass is 10.1. The van der Waals surface area contributed by atoms with Crippen LogP contribution in [0, 0.1) is 0 Å². The summed E-state index contributed by atoms with van der Waals surface area (Å²) in [5.41, 5.74) is 2.25. The molecule has 0 aliphatic rings. The van der Waals surface area contributed by atoms with E-state index in [1.54, 1.807) is 33.3 Å². The van der Waals surface area contributed by atoms with Gasteiger partial charge in [0.1, 0.15) is 11.5 Å². The molecule has 7 nitrogen and oxygen atoms in total. The summed E-state index contributed by atoms with van der Waals surface area (Å²) < 4.78 is 15.9. The number of rotatable bonds is 12. The van der Waals surface area contributed by atoms with Gasteiger partial charge in [-0.05, 0) is 62.2 Å². The van der Waals surface area contributed by atoms with Crippen LogP contribution in [0.15, 0.2) is 42.5 Å². The van der Waals surface area contributed by atoms with Crippen molar-refractivity contribution < 1.29 is 28.9 Å². The van der Waals surface area contributed by atoms with Gasteiger partial charge in [0.05, 0.1) is 32.9 Å². The minimum absolute atomic E-state index is 0.173. The van der Waals surface area contributed by atoms with Crippen LogP contribution in [0.1, 0.15) is 34.8 Å². The first-order valence-electron chi connectivity index (χ1n) is 9.88. The SMILES string of the molecule is CCOC(=O)CN(CCCc1ccc(C(=O)O)cc1)Cc1cc(OC)ccc1OC. The largest absolute Gasteiger partial charge is 0.497 e. The van der Waals surface area contributed by atoms with Crippen molar-refractivity contribution in [1.29, 1.82) is 0 Å². The molecule has 0 radical (unpaired) electrons. The lowest BCUT2D eigenvalue weighted by molar-refractivity contribution is -0.144. The maximum absolute atomic E-state index is 12.1. The zero-order chi connectivity index (χ0) is 21.9. The number of carboxylic acid groups (broad SMARTS) is 1. The number of hydrogen-bond acceptors (Lipinski definition) is 6. The van der Waals surface area contributed by atoms with Gasteiger partial charge in [-0.25, -0.2) is 4.79 Å². The van der Waals surface area contributed by atoms with Crippen molar-refractivity contribution in [3.05, 3.63) is 59.2 Å². The lowest BCUT2D eigenvalue weighted by Gasteiger charge is -2.23. The molecule has 0 unspecified atom stereocenters. The molecule has 30 heavy (non-hydrogen) atoms. The maximum atomic E-state index is 12.1. The van der Waals surface area contributed by atoms with Gasteiger partial charge in [-0.15, -0.1) is 0 Å². The minimum atomic E-state index is -0.936. The second kappa shape index (κ2) is 11.8. The number of hydrogen-bond donors (Lipinski definition) is 1. The molecule has 162 valence electrons. The standard InChI is InChI=1S/C23H29NO6/c1-4-30-22(25)16-24(15-19-14-20(28-2)11-12-21(19)29-3)13-5-6-17-7-9-18(10-8-17)23(26)27/h7-12,14H,4-6,13,15-16H2,1-3H3,(H,26,27). The number of ether oxygens (including phenoxy) is 3. The Bertz CT molecular complexity index is 834. The third-order valence-electron chi connectivity index (χ3n) is 4.68. The fourth-order valence-electron chi connectivity index (χ4n) is 3.17. The number of aromatic carboxylic acids is 1. The molecule has 0 spiro atoms. The number of carbonyl (C=O) groups excluding carboxylic acids is 1. The number of aryl methyl sites for hydroxylation is 1. The number of methoxy groups -OCH3 is 2. The molecule has 0 bridgehead atoms. The molecule has 7 heteroatoms. The Morgan fingerprint density at radius 3 is 2.37 bits per heavy atom. The molecular weight excluding hydrogens is 386 g/mol. The fraction of sp³-hybridized carbons (Fsp3) is 0.391. The van der Waals surface area contributed by atoms with Gasteiger partial charge in [0, 0.05) is 12.1 Å². The summed E-state index contributed by atoms with van der Waals surface area (Å²) >= 11 is 0. The van der Waals surface area contributed by atoms with Crippen LogP contribution in [0.4, 0.5) is 0 Å². The highest BCUT2D eigenvalue weighted by Crippen LogP contribution is 2.25. The fourth-order valence-corrected chi connectivity index (χ4v) is 3.17. The first-order valence-corrected chi connectivity index (χ1v) is 9.88. The zero-order valence-electron chi connectivity index (χ0n) is 17.7. The monoisotopic (exact) mass is 415 g/mol. The minimum Gasteiger partial charge on any atom is -0.497 e. The van der Waals surface area contributed by atoms with Gasteiger partial charge in [-0.3, -0.25) is 9.69 Å². The smallest absolute Gasteiger partial charge is 0.335 e. The molecular formula is C23H29NO6. The summed E-state index contributed by atoms with van der Waals surface area (Å²) in [6.45, 7) is 3.47. The molecule has 1 N–H and O–H groups in total. The Morgan fingerprint density at radius 2 is 1.77 bits per heavy atom. The van der Waals surface area contributed by atoms with Crippen molar-refractivity contribution in [1.82, 2.24) is 4.90 Å². The number of nitrogens with zero attached hydrogens (tertiary/aromatic N) is 1. The van der Waals surface area contributed by atoms with Crippen LogP contribution in [0.2, 0.25) is 0 Å². The Kier molecular flexibility index (Phi) is 9.15. The third kappa shape index (κ3) is 7.08. The summed E-state index contributed by atoms with van der Waals surface area (Å²) in [6, 6.07) is 12.4. The molecule has 0 aromatic heterocycles. The van der Waals surface area contributed by atoms with Crippen molar-refractivity contribution >= 4 is 11.9 Å². The van der Waals surface area contributed by atoms with Crippen LogP contribution in [0.25, 0.3) is 0 Å². The molecule has 0 aliphatic heterocycles. The Hall–Kier alpha value is -3.06. The lowest BCUT2D eigenvalue weighted by Crippen LogP contribution is -2.32. The Labute approximate surface area is 177 Å². The van der Waals surface area contributed by atoms with Gasteiger partial charge in [0.15, 0.2) is 0 Å². The van der Waals surface area contributed by atoms with E-state index in [2.05, 4.69) is 0 Å². The second-order valence-corrected chi connectivity index (χ2v) is 6.80. The van der Waals surface area contributed by atoms with Crippen molar-refractivity contribution in [3.8, 4) is 11.5 Å². The number of benzene rings is 2. The topological polar surface area (TPSA) is 85.3 Å². The molecule has 0 saturated carbocycles. The van der Waals surface area contributed by atoms with Crippen LogP contribution in [0.5, 0.6) is 11.5 Å². The highest BCUT2D eigenvalue weighted by atomic mass is 16.5. The number of carboxylic acids is 1. The van der Waals surface area contributed by atoms with Gasteiger partial charge in [-0.1, -0.05) is 12.1 Å². The van der Waals surface area contributed by atoms with Crippen LogP contribution < -0.4 is 9.47 Å². The quantitative estimate of drug-likeness (QED) is 0.532. The third-order valence-corrected chi connectivity index (χ3v) is 4.68. The Morgan fingerprint density at radius 1 is 1.03 bits per heavy atom. The van der Waals surface area contributed by atoms with E-state index in [0.29, 0.717) is 19.7 Å². The van der Waals surface area contributed by atoms with Gasteiger partial charge in [-0.2, -0.15) is 0 Å². The summed E-state index contributed by atoms with van der Waals surface area (Å²) in [5.74, 6) is 0.244. The number of esters is 1. The van der Waals surface area contributed by atoms with Gasteiger partial charge in [0.25, 0.3) is 0 Å². The summed E-state index contributed by atoms with van der Waals surface area (Å²) in [4.78, 5) is 25.1. The van der Waals surface area contributed by atoms with E-state index < -0.39 is 5.97 Å². The van der Waals surface area contributed by atoms with E-state index in [1.165, 1.54) is 0 Å². The van der Waals surface area contributed by atoms with E-state index in [9.17, 15) is 9.59 Å². The molecule has 0 heterocycles. The van der Waals surface area contributed by atoms with E-state index in [-0.39, 0.29) is 18.1 Å². The first kappa shape index (κ1) is 23.2. The van der Waals surface area contributed by atoms with Crippen molar-refractivity contribution in [2.45, 2.75) is 26.3 Å². The van der Waals surface area contributed by atoms with Gasteiger partial charge < -0.3 is 19.3 Å². The maximum Gasteiger partial charge on any atom is 0.335 e. The molecule has 0 aliphatic carbocycles. The van der Waals surface area contributed by atoms with Crippen LogP contribution in [-0.2, 0) is 22.5 Å². The summed E-state index contributed by atoms with van der Waals surface area (Å²) in [5, 5.41) is 9.00. The molecule has 0 fully saturated rings. The predicted octanol–water partition coefficient (Wildman–Crippen LogP) is 3.40. The Balaban J connectivity index is 2.05. The highest BCUT2D eigenvalue weighted by Gasteiger charge is 2.15. The van der Waals surface area contributed by atoms with E-state index in [0.717, 1.165) is 35.5 Å². The molecule has 2 aromatic rings. The van der Waals surface area contributed by atoms with Gasteiger partial charge >= 0.3 is 11.9 Å². The average Bonchev–Trinajstić information content (AvgIpc) is 2.74. The van der Waals surface area contributed by atoms with Gasteiger partial charge in [0.2, 0.25) is 0 Å². The molecule has 0 saturated heterocycles. The average molecular weight is 415 g/mol. The normalized spacial score (nSPS) is 10.7. The first-order chi connectivity index (χ1) is 14.5. The van der Waals surface area contributed by atoms with Crippen LogP contribution in [0.3, 0.4) is 0 Å². The molecule has 2 rings (SSSR count). The van der Waals surface area contributed by atoms with Crippen LogP contribution in [-0.4, -0.2) is 55.9 Å². The molecule has 0 amide bonds. The van der Waals surface area contributed by atoms with Crippen molar-refractivity contribution in [2.75, 3.05) is 33.9 Å². The summed E-state index contributed by atoms with van der Waals surface area (Å²) in [7, 11) is 3.22. The summed E-state index contributed by atoms with van der Waals surface area (Å²) in [6.07, 6.45) is 1.58. The van der Waals surface area contributed by atoms with E-state index in [1.807, 2.05) is 35.2 Å². The number of carbonyl (C=O) groups is 2. The molecule has 0 atom stereocenters. The van der Waals surface area contributed by atoms with Crippen LogP contribution >= 0.6 is 0 Å². The van der Waals surface area contributed by atoms with E-state index >= 15 is 0 Å². The predicted molar refractivity (Wildman–Crippen MR) is 113 cm³/mol. The highest BCUT2D eigenvalue weighted by molar-refractivity contribution is 5.87. The zero-order valence-corrected chi connectivity index (χ0v) is 17.7. The second-order valence-electron chi connectivity index (χ2n) is 6.80. The van der Waals surface area contributed by atoms with Crippen molar-refractivity contribution in [3.63, 3.8) is 0 Å².